The molecule has 0 fully saturated rings. The number of carbonyl (C=O) groups is 1. The molecule has 2 N–H and O–H groups in total. The van der Waals surface area contributed by atoms with Crippen LogP contribution >= 0.6 is 0 Å². The van der Waals surface area contributed by atoms with Crippen LogP contribution in [0.5, 0.6) is 11.5 Å². The Labute approximate surface area is 171 Å². The highest BCUT2D eigenvalue weighted by Crippen LogP contribution is 2.35. The molecule has 0 radical (unpaired) electrons. The Kier molecular flexibility index (Phi) is 6.76. The molecule has 1 aliphatic heterocycles. The maximum absolute atomic E-state index is 12.2. The predicted molar refractivity (Wildman–Crippen MR) is 109 cm³/mol. The molecule has 1 aliphatic rings. The summed E-state index contributed by atoms with van der Waals surface area (Å²) in [6.45, 7) is 4.75. The van der Waals surface area contributed by atoms with E-state index in [0.29, 0.717) is 6.61 Å². The molecule has 1 atom stereocenters. The lowest BCUT2D eigenvalue weighted by molar-refractivity contribution is -0.121. The van der Waals surface area contributed by atoms with Crippen molar-refractivity contribution in [2.24, 2.45) is 0 Å². The minimum atomic E-state index is -3.62. The van der Waals surface area contributed by atoms with E-state index in [1.165, 1.54) is 12.1 Å². The molecule has 2 aromatic carbocycles. The smallest absolute Gasteiger partial charge is 0.240 e. The highest BCUT2D eigenvalue weighted by Gasteiger charge is 2.22. The zero-order valence-corrected chi connectivity index (χ0v) is 17.4. The zero-order chi connectivity index (χ0) is 20.9. The molecule has 2 aromatic rings. The van der Waals surface area contributed by atoms with Crippen LogP contribution in [-0.4, -0.2) is 33.6 Å². The van der Waals surface area contributed by atoms with Gasteiger partial charge in [0, 0.05) is 37.1 Å². The van der Waals surface area contributed by atoms with Crippen LogP contribution in [0.15, 0.2) is 47.4 Å². The van der Waals surface area contributed by atoms with Crippen molar-refractivity contribution in [2.45, 2.75) is 44.2 Å². The van der Waals surface area contributed by atoms with Gasteiger partial charge in [-0.25, -0.2) is 13.1 Å². The Morgan fingerprint density at radius 1 is 1.24 bits per heavy atom. The summed E-state index contributed by atoms with van der Waals surface area (Å²) in [6, 6.07) is 11.9. The summed E-state index contributed by atoms with van der Waals surface area (Å²) in [6.07, 6.45) is 1.000. The van der Waals surface area contributed by atoms with Crippen molar-refractivity contribution in [3.63, 3.8) is 0 Å². The van der Waals surface area contributed by atoms with Gasteiger partial charge in [0.1, 0.15) is 17.6 Å². The van der Waals surface area contributed by atoms with Crippen molar-refractivity contribution in [3.8, 4) is 11.5 Å². The van der Waals surface area contributed by atoms with E-state index in [0.717, 1.165) is 29.0 Å². The fourth-order valence-electron chi connectivity index (χ4n) is 3.17. The monoisotopic (exact) mass is 418 g/mol. The lowest BCUT2D eigenvalue weighted by atomic mass is 10.1. The van der Waals surface area contributed by atoms with Gasteiger partial charge in [-0.2, -0.15) is 0 Å². The molecule has 7 nitrogen and oxygen atoms in total. The fourth-order valence-corrected chi connectivity index (χ4v) is 4.23. The Hall–Kier alpha value is -2.58. The van der Waals surface area contributed by atoms with Crippen molar-refractivity contribution < 1.29 is 22.7 Å². The Bertz CT molecular complexity index is 961. The summed E-state index contributed by atoms with van der Waals surface area (Å²) >= 11 is 0. The van der Waals surface area contributed by atoms with Crippen LogP contribution in [-0.2, 0) is 27.8 Å². The maximum atomic E-state index is 12.2. The third-order valence-electron chi connectivity index (χ3n) is 4.55. The van der Waals surface area contributed by atoms with Crippen LogP contribution in [0.2, 0.25) is 0 Å². The summed E-state index contributed by atoms with van der Waals surface area (Å²) in [5.41, 5.74) is 1.93. The number of ether oxygens (including phenoxy) is 2. The van der Waals surface area contributed by atoms with Gasteiger partial charge >= 0.3 is 0 Å². The Balaban J connectivity index is 1.54. The van der Waals surface area contributed by atoms with Gasteiger partial charge in [-0.15, -0.1) is 0 Å². The van der Waals surface area contributed by atoms with Crippen LogP contribution in [0, 0.1) is 0 Å². The van der Waals surface area contributed by atoms with E-state index >= 15 is 0 Å². The van der Waals surface area contributed by atoms with Gasteiger partial charge in [0.15, 0.2) is 0 Å². The van der Waals surface area contributed by atoms with Crippen LogP contribution in [0.25, 0.3) is 0 Å². The second-order valence-electron chi connectivity index (χ2n) is 6.87. The first kappa shape index (κ1) is 21.1. The SMILES string of the molecule is CCOc1cc2c(cc1CNC(=O)CCNS(=O)(=O)c1ccccc1)O[C@@H](C)C2. The molecular formula is C21H26N2O5S. The van der Waals surface area contributed by atoms with Crippen molar-refractivity contribution in [1.29, 1.82) is 0 Å². The number of amides is 1. The normalized spacial score (nSPS) is 15.4. The van der Waals surface area contributed by atoms with Crippen LogP contribution in [0.4, 0.5) is 0 Å². The third kappa shape index (κ3) is 5.48. The molecule has 0 aliphatic carbocycles. The summed E-state index contributed by atoms with van der Waals surface area (Å²) < 4.78 is 38.3. The summed E-state index contributed by atoms with van der Waals surface area (Å²) in [4.78, 5) is 12.4. The molecule has 0 saturated carbocycles. The van der Waals surface area contributed by atoms with Crippen LogP contribution < -0.4 is 19.5 Å². The first-order valence-corrected chi connectivity index (χ1v) is 11.1. The highest BCUT2D eigenvalue weighted by atomic mass is 32.2. The van der Waals surface area contributed by atoms with E-state index in [1.54, 1.807) is 18.2 Å². The second kappa shape index (κ2) is 9.28. The average Bonchev–Trinajstić information content (AvgIpc) is 3.06. The summed E-state index contributed by atoms with van der Waals surface area (Å²) in [7, 11) is -3.62. The van der Waals surface area contributed by atoms with E-state index in [-0.39, 0.29) is 36.4 Å². The van der Waals surface area contributed by atoms with Gasteiger partial charge in [-0.05, 0) is 38.1 Å². The minimum Gasteiger partial charge on any atom is -0.494 e. The van der Waals surface area contributed by atoms with Crippen LogP contribution in [0.3, 0.4) is 0 Å². The number of fused-ring (bicyclic) bond motifs is 1. The first-order valence-electron chi connectivity index (χ1n) is 9.65. The Morgan fingerprint density at radius 2 is 2.00 bits per heavy atom. The van der Waals surface area contributed by atoms with E-state index in [1.807, 2.05) is 26.0 Å². The summed E-state index contributed by atoms with van der Waals surface area (Å²) in [5, 5.41) is 2.82. The number of benzene rings is 2. The van der Waals surface area contributed by atoms with Crippen molar-refractivity contribution >= 4 is 15.9 Å². The number of rotatable bonds is 9. The molecule has 0 spiro atoms. The quantitative estimate of drug-likeness (QED) is 0.652. The molecule has 0 unspecified atom stereocenters. The molecule has 1 amide bonds. The van der Waals surface area contributed by atoms with E-state index < -0.39 is 10.0 Å². The van der Waals surface area contributed by atoms with Gasteiger partial charge in [0.05, 0.1) is 11.5 Å². The number of carbonyl (C=O) groups excluding carboxylic acids is 1. The fraction of sp³-hybridized carbons (Fsp3) is 0.381. The van der Waals surface area contributed by atoms with Gasteiger partial charge < -0.3 is 14.8 Å². The predicted octanol–water partition coefficient (Wildman–Crippen LogP) is 2.39. The molecule has 1 heterocycles. The van der Waals surface area contributed by atoms with Gasteiger partial charge in [-0.1, -0.05) is 18.2 Å². The van der Waals surface area contributed by atoms with E-state index in [2.05, 4.69) is 10.0 Å². The zero-order valence-electron chi connectivity index (χ0n) is 16.6. The number of sulfonamides is 1. The minimum absolute atomic E-state index is 0.0200. The standard InChI is InChI=1S/C21H26N2O5S/c1-3-27-19-12-16-11-15(2)28-20(16)13-17(19)14-22-21(24)9-10-23-29(25,26)18-7-5-4-6-8-18/h4-8,12-13,15,23H,3,9-11,14H2,1-2H3,(H,22,24)/t15-/m0/s1. The van der Waals surface area contributed by atoms with Gasteiger partial charge in [0.2, 0.25) is 15.9 Å². The van der Waals surface area contributed by atoms with E-state index in [4.69, 9.17) is 9.47 Å². The molecule has 156 valence electrons. The highest BCUT2D eigenvalue weighted by molar-refractivity contribution is 7.89. The van der Waals surface area contributed by atoms with Gasteiger partial charge in [0.25, 0.3) is 0 Å². The van der Waals surface area contributed by atoms with E-state index in [9.17, 15) is 13.2 Å². The number of hydrogen-bond acceptors (Lipinski definition) is 5. The topological polar surface area (TPSA) is 93.7 Å². The van der Waals surface area contributed by atoms with Crippen LogP contribution in [0.1, 0.15) is 31.4 Å². The molecule has 3 rings (SSSR count). The summed E-state index contributed by atoms with van der Waals surface area (Å²) in [5.74, 6) is 1.30. The molecule has 0 bridgehead atoms. The molecule has 0 aromatic heterocycles. The molecule has 0 saturated heterocycles. The van der Waals surface area contributed by atoms with Crippen molar-refractivity contribution in [1.82, 2.24) is 10.0 Å². The van der Waals surface area contributed by atoms with Crippen molar-refractivity contribution in [2.75, 3.05) is 13.2 Å². The lowest BCUT2D eigenvalue weighted by Gasteiger charge is -2.13. The largest absolute Gasteiger partial charge is 0.494 e. The molecule has 8 heteroatoms. The Morgan fingerprint density at radius 3 is 2.72 bits per heavy atom. The lowest BCUT2D eigenvalue weighted by Crippen LogP contribution is -2.30. The average molecular weight is 419 g/mol. The third-order valence-corrected chi connectivity index (χ3v) is 6.03. The first-order chi connectivity index (χ1) is 13.9. The van der Waals surface area contributed by atoms with Gasteiger partial charge in [-0.3, -0.25) is 4.79 Å². The number of hydrogen-bond donors (Lipinski definition) is 2. The van der Waals surface area contributed by atoms with Crippen molar-refractivity contribution in [3.05, 3.63) is 53.6 Å². The molecule has 29 heavy (non-hydrogen) atoms. The molecular weight excluding hydrogens is 392 g/mol. The maximum Gasteiger partial charge on any atom is 0.240 e. The number of nitrogens with one attached hydrogen (secondary N) is 2. The second-order valence-corrected chi connectivity index (χ2v) is 8.64.